The number of aryl methyl sites for hydroxylation is 1. The molecule has 0 saturated carbocycles. The van der Waals surface area contributed by atoms with Gasteiger partial charge in [-0.25, -0.2) is 4.79 Å². The number of amides is 2. The van der Waals surface area contributed by atoms with E-state index in [1.807, 2.05) is 6.07 Å². The van der Waals surface area contributed by atoms with E-state index in [0.717, 1.165) is 31.2 Å². The lowest BCUT2D eigenvalue weighted by atomic mass is 9.78. The summed E-state index contributed by atoms with van der Waals surface area (Å²) in [7, 11) is 0. The van der Waals surface area contributed by atoms with Gasteiger partial charge >= 0.3 is 5.97 Å². The Morgan fingerprint density at radius 2 is 1.92 bits per heavy atom. The zero-order valence-corrected chi connectivity index (χ0v) is 21.1. The lowest BCUT2D eigenvalue weighted by Crippen LogP contribution is -2.49. The number of nitrogens with two attached hydrogens (primary N) is 1. The van der Waals surface area contributed by atoms with E-state index in [-0.39, 0.29) is 12.8 Å². The van der Waals surface area contributed by atoms with Gasteiger partial charge in [0.05, 0.1) is 17.4 Å². The topological polar surface area (TPSA) is 167 Å². The zero-order chi connectivity index (χ0) is 26.5. The molecule has 2 aliphatic heterocycles. The average molecular weight is 501 g/mol. The second-order valence-corrected chi connectivity index (χ2v) is 9.98. The van der Waals surface area contributed by atoms with Crippen LogP contribution in [0.5, 0.6) is 0 Å². The fourth-order valence-electron chi connectivity index (χ4n) is 5.05. The van der Waals surface area contributed by atoms with Crippen LogP contribution in [0, 0.1) is 5.92 Å². The SMILES string of the molecule is CC(C)OC(=O)[C@]1(C(C)CC2NC(=O)c3cc(CCCCCN)ccc3NC2=O)NC1(C=O)CC=O. The highest BCUT2D eigenvalue weighted by Gasteiger charge is 2.75. The molecule has 2 aliphatic rings. The number of carbonyl (C=O) groups is 5. The summed E-state index contributed by atoms with van der Waals surface area (Å²) in [6.07, 6.45) is 4.21. The van der Waals surface area contributed by atoms with Crippen molar-refractivity contribution in [3.63, 3.8) is 0 Å². The molecule has 1 aromatic rings. The minimum Gasteiger partial charge on any atom is -0.462 e. The Morgan fingerprint density at radius 3 is 2.56 bits per heavy atom. The van der Waals surface area contributed by atoms with Crippen LogP contribution in [0.15, 0.2) is 18.2 Å². The van der Waals surface area contributed by atoms with E-state index >= 15 is 0 Å². The molecule has 10 nitrogen and oxygen atoms in total. The van der Waals surface area contributed by atoms with Crippen molar-refractivity contribution >= 4 is 36.0 Å². The van der Waals surface area contributed by atoms with Gasteiger partial charge in [-0.15, -0.1) is 0 Å². The van der Waals surface area contributed by atoms with Gasteiger partial charge in [0, 0.05) is 6.42 Å². The van der Waals surface area contributed by atoms with Gasteiger partial charge in [0.15, 0.2) is 0 Å². The molecule has 5 N–H and O–H groups in total. The van der Waals surface area contributed by atoms with Gasteiger partial charge in [0.1, 0.15) is 29.7 Å². The van der Waals surface area contributed by atoms with Gasteiger partial charge in [0.25, 0.3) is 5.91 Å². The van der Waals surface area contributed by atoms with Gasteiger partial charge in [0.2, 0.25) is 5.91 Å². The number of unbranched alkanes of at least 4 members (excludes halogenated alkanes) is 2. The van der Waals surface area contributed by atoms with Crippen molar-refractivity contribution in [1.82, 2.24) is 10.6 Å². The molecule has 3 unspecified atom stereocenters. The number of ether oxygens (including phenoxy) is 1. The van der Waals surface area contributed by atoms with Crippen LogP contribution in [-0.2, 0) is 30.3 Å². The maximum Gasteiger partial charge on any atom is 0.329 e. The van der Waals surface area contributed by atoms with E-state index < -0.39 is 46.9 Å². The first-order chi connectivity index (χ1) is 17.1. The van der Waals surface area contributed by atoms with Crippen molar-refractivity contribution in [2.45, 2.75) is 82.5 Å². The van der Waals surface area contributed by atoms with E-state index in [2.05, 4.69) is 16.0 Å². The Bertz CT molecular complexity index is 1030. The lowest BCUT2D eigenvalue weighted by Gasteiger charge is -2.27. The molecule has 3 rings (SSSR count). The van der Waals surface area contributed by atoms with Gasteiger partial charge in [-0.3, -0.25) is 14.9 Å². The predicted molar refractivity (Wildman–Crippen MR) is 133 cm³/mol. The molecule has 2 amide bonds. The standard InChI is InChI=1S/C26H36N4O6/c1-16(2)36-24(35)26(25(15-32,30-26)10-12-31)17(3)13-21-23(34)28-20-9-8-18(7-5-4-6-11-27)14-19(20)22(33)29-21/h8-9,12,14-17,21,30H,4-7,10-11,13,27H2,1-3H3,(H,28,34)(H,29,33)/t17?,21?,25?,26-/m0/s1. The summed E-state index contributed by atoms with van der Waals surface area (Å²) in [5.41, 5.74) is 4.44. The minimum atomic E-state index is -1.47. The van der Waals surface area contributed by atoms with Gasteiger partial charge in [-0.2, -0.15) is 0 Å². The van der Waals surface area contributed by atoms with E-state index in [9.17, 15) is 24.0 Å². The van der Waals surface area contributed by atoms with Crippen molar-refractivity contribution in [1.29, 1.82) is 0 Å². The fraction of sp³-hybridized carbons (Fsp3) is 0.577. The van der Waals surface area contributed by atoms with Crippen molar-refractivity contribution in [2.24, 2.45) is 11.7 Å². The molecule has 196 valence electrons. The number of esters is 1. The third-order valence-corrected chi connectivity index (χ3v) is 7.04. The smallest absolute Gasteiger partial charge is 0.329 e. The summed E-state index contributed by atoms with van der Waals surface area (Å²) >= 11 is 0. The summed E-state index contributed by atoms with van der Waals surface area (Å²) in [4.78, 5) is 62.4. The quantitative estimate of drug-likeness (QED) is 0.136. The summed E-state index contributed by atoms with van der Waals surface area (Å²) < 4.78 is 5.40. The third kappa shape index (κ3) is 5.34. The highest BCUT2D eigenvalue weighted by Crippen LogP contribution is 2.48. The summed E-state index contributed by atoms with van der Waals surface area (Å²) in [5, 5.41) is 8.48. The van der Waals surface area contributed by atoms with Crippen LogP contribution in [-0.4, -0.2) is 60.1 Å². The van der Waals surface area contributed by atoms with Crippen LogP contribution >= 0.6 is 0 Å². The first kappa shape index (κ1) is 27.5. The third-order valence-electron chi connectivity index (χ3n) is 7.04. The summed E-state index contributed by atoms with van der Waals surface area (Å²) in [5.74, 6) is -2.11. The van der Waals surface area contributed by atoms with E-state index in [4.69, 9.17) is 10.5 Å². The molecule has 1 fully saturated rings. The summed E-state index contributed by atoms with van der Waals surface area (Å²) in [6, 6.07) is 4.44. The Kier molecular flexibility index (Phi) is 8.63. The second kappa shape index (κ2) is 11.3. The molecule has 0 aliphatic carbocycles. The highest BCUT2D eigenvalue weighted by molar-refractivity contribution is 6.10. The van der Waals surface area contributed by atoms with Crippen LogP contribution in [0.2, 0.25) is 0 Å². The number of hydrogen-bond acceptors (Lipinski definition) is 8. The van der Waals surface area contributed by atoms with Gasteiger partial charge < -0.3 is 30.7 Å². The van der Waals surface area contributed by atoms with Crippen LogP contribution in [0.25, 0.3) is 0 Å². The van der Waals surface area contributed by atoms with Crippen molar-refractivity contribution in [3.8, 4) is 0 Å². The van der Waals surface area contributed by atoms with E-state index in [1.165, 1.54) is 0 Å². The largest absolute Gasteiger partial charge is 0.462 e. The fourth-order valence-corrected chi connectivity index (χ4v) is 5.05. The van der Waals surface area contributed by atoms with Gasteiger partial charge in [-0.1, -0.05) is 19.4 Å². The van der Waals surface area contributed by atoms with Crippen LogP contribution in [0.1, 0.15) is 68.8 Å². The average Bonchev–Trinajstić information content (AvgIpc) is 3.53. The van der Waals surface area contributed by atoms with Crippen molar-refractivity contribution in [3.05, 3.63) is 29.3 Å². The van der Waals surface area contributed by atoms with Crippen LogP contribution in [0.4, 0.5) is 5.69 Å². The van der Waals surface area contributed by atoms with Crippen LogP contribution < -0.4 is 21.7 Å². The minimum absolute atomic E-state index is 0.0478. The Hall–Kier alpha value is -3.11. The molecule has 0 spiro atoms. The predicted octanol–water partition coefficient (Wildman–Crippen LogP) is 1.26. The molecule has 4 atom stereocenters. The number of carbonyl (C=O) groups excluding carboxylic acids is 5. The molecular weight excluding hydrogens is 464 g/mol. The Morgan fingerprint density at radius 1 is 1.17 bits per heavy atom. The Labute approximate surface area is 211 Å². The number of aldehydes is 2. The second-order valence-electron chi connectivity index (χ2n) is 9.98. The van der Waals surface area contributed by atoms with E-state index in [1.54, 1.807) is 32.9 Å². The Balaban J connectivity index is 1.78. The first-order valence-electron chi connectivity index (χ1n) is 12.5. The van der Waals surface area contributed by atoms with Crippen molar-refractivity contribution in [2.75, 3.05) is 11.9 Å². The maximum absolute atomic E-state index is 13.1. The molecule has 1 aromatic carbocycles. The molecule has 0 bridgehead atoms. The maximum atomic E-state index is 13.1. The number of anilines is 1. The number of benzene rings is 1. The highest BCUT2D eigenvalue weighted by atomic mass is 16.5. The summed E-state index contributed by atoms with van der Waals surface area (Å²) in [6.45, 7) is 5.71. The number of rotatable bonds is 13. The molecule has 0 radical (unpaired) electrons. The van der Waals surface area contributed by atoms with Crippen molar-refractivity contribution < 1.29 is 28.7 Å². The zero-order valence-electron chi connectivity index (χ0n) is 21.1. The van der Waals surface area contributed by atoms with Crippen LogP contribution in [0.3, 0.4) is 0 Å². The molecule has 2 heterocycles. The number of fused-ring (bicyclic) bond motifs is 1. The molecular formula is C26H36N4O6. The number of hydrogen-bond donors (Lipinski definition) is 4. The molecule has 1 saturated heterocycles. The first-order valence-corrected chi connectivity index (χ1v) is 12.5. The molecule has 10 heteroatoms. The normalized spacial score (nSPS) is 25.8. The van der Waals surface area contributed by atoms with Gasteiger partial charge in [-0.05, 0) is 69.7 Å². The molecule has 36 heavy (non-hydrogen) atoms. The van der Waals surface area contributed by atoms with E-state index in [0.29, 0.717) is 30.4 Å². The monoisotopic (exact) mass is 500 g/mol. The number of nitrogens with one attached hydrogen (secondary N) is 3. The molecule has 0 aromatic heterocycles. The lowest BCUT2D eigenvalue weighted by molar-refractivity contribution is -0.153.